The van der Waals surface area contributed by atoms with Gasteiger partial charge >= 0.3 is 0 Å². The highest BCUT2D eigenvalue weighted by atomic mass is 79.9. The molecule has 0 atom stereocenters. The van der Waals surface area contributed by atoms with E-state index in [2.05, 4.69) is 40.0 Å². The van der Waals surface area contributed by atoms with Gasteiger partial charge in [0.05, 0.1) is 0 Å². The second-order valence-corrected chi connectivity index (χ2v) is 6.27. The van der Waals surface area contributed by atoms with Crippen LogP contribution < -0.4 is 5.32 Å². The van der Waals surface area contributed by atoms with Gasteiger partial charge in [-0.05, 0) is 37.1 Å². The molecule has 0 aliphatic carbocycles. The van der Waals surface area contributed by atoms with Gasteiger partial charge in [-0.1, -0.05) is 42.6 Å². The van der Waals surface area contributed by atoms with Gasteiger partial charge in [-0.25, -0.2) is 0 Å². The van der Waals surface area contributed by atoms with E-state index in [1.807, 2.05) is 18.2 Å². The van der Waals surface area contributed by atoms with Crippen molar-refractivity contribution in [2.45, 2.75) is 39.5 Å². The van der Waals surface area contributed by atoms with E-state index in [9.17, 15) is 10.1 Å². The number of rotatable bonds is 9. The number of halogens is 1. The number of carbonyl (C=O) groups excluding carboxylic acids is 1. The smallest absolute Gasteiger partial charge is 0.267 e. The van der Waals surface area contributed by atoms with Crippen LogP contribution in [0.15, 0.2) is 40.5 Å². The molecule has 5 heteroatoms. The highest BCUT2D eigenvalue weighted by Crippen LogP contribution is 2.15. The molecular weight excluding hydrogens is 354 g/mol. The van der Waals surface area contributed by atoms with Gasteiger partial charge in [0.2, 0.25) is 0 Å². The Morgan fingerprint density at radius 1 is 1.22 bits per heavy atom. The molecule has 0 saturated heterocycles. The molecule has 1 aromatic carbocycles. The molecule has 0 saturated carbocycles. The van der Waals surface area contributed by atoms with Gasteiger partial charge in [0.25, 0.3) is 5.91 Å². The van der Waals surface area contributed by atoms with Crippen LogP contribution in [0, 0.1) is 11.3 Å². The van der Waals surface area contributed by atoms with Crippen molar-refractivity contribution in [3.8, 4) is 6.07 Å². The number of nitriles is 1. The fraction of sp³-hybridized carbons (Fsp3) is 0.444. The lowest BCUT2D eigenvalue weighted by atomic mass is 10.2. The summed E-state index contributed by atoms with van der Waals surface area (Å²) in [7, 11) is 0. The van der Waals surface area contributed by atoms with E-state index in [1.165, 1.54) is 0 Å². The lowest BCUT2D eigenvalue weighted by Crippen LogP contribution is -2.23. The summed E-state index contributed by atoms with van der Waals surface area (Å²) in [6.45, 7) is 6.00. The molecule has 1 amide bonds. The molecule has 1 rings (SSSR count). The zero-order valence-corrected chi connectivity index (χ0v) is 15.4. The third-order valence-electron chi connectivity index (χ3n) is 3.38. The maximum Gasteiger partial charge on any atom is 0.267 e. The number of nitrogens with one attached hydrogen (secondary N) is 1. The van der Waals surface area contributed by atoms with Crippen LogP contribution in [0.4, 0.5) is 5.69 Å². The number of amides is 1. The summed E-state index contributed by atoms with van der Waals surface area (Å²) in [5.41, 5.74) is 0.813. The van der Waals surface area contributed by atoms with Gasteiger partial charge in [-0.15, -0.1) is 0 Å². The molecule has 0 spiro atoms. The third-order valence-corrected chi connectivity index (χ3v) is 3.91. The van der Waals surface area contributed by atoms with Crippen LogP contribution in [0.5, 0.6) is 0 Å². The number of carbonyl (C=O) groups is 1. The van der Waals surface area contributed by atoms with Gasteiger partial charge in [0, 0.05) is 29.4 Å². The molecule has 0 radical (unpaired) electrons. The predicted molar refractivity (Wildman–Crippen MR) is 97.9 cm³/mol. The Morgan fingerprint density at radius 2 is 1.78 bits per heavy atom. The minimum Gasteiger partial charge on any atom is -0.376 e. The number of unbranched alkanes of at least 4 members (excludes halogenated alkanes) is 2. The number of anilines is 1. The van der Waals surface area contributed by atoms with Crippen LogP contribution in [0.25, 0.3) is 0 Å². The first-order chi connectivity index (χ1) is 11.1. The summed E-state index contributed by atoms with van der Waals surface area (Å²) in [6.07, 6.45) is 5.97. The molecule has 0 aromatic heterocycles. The molecule has 0 fully saturated rings. The van der Waals surface area contributed by atoms with Crippen molar-refractivity contribution in [3.63, 3.8) is 0 Å². The number of hydrogen-bond donors (Lipinski definition) is 1. The van der Waals surface area contributed by atoms with Crippen LogP contribution in [0.1, 0.15) is 39.5 Å². The van der Waals surface area contributed by atoms with Crippen molar-refractivity contribution >= 4 is 27.5 Å². The minimum absolute atomic E-state index is 0.139. The largest absolute Gasteiger partial charge is 0.376 e. The normalized spacial score (nSPS) is 11.0. The Morgan fingerprint density at radius 3 is 2.26 bits per heavy atom. The van der Waals surface area contributed by atoms with Crippen molar-refractivity contribution in [2.75, 3.05) is 18.4 Å². The fourth-order valence-corrected chi connectivity index (χ4v) is 2.28. The first-order valence-corrected chi connectivity index (χ1v) is 8.82. The van der Waals surface area contributed by atoms with E-state index < -0.39 is 0 Å². The predicted octanol–water partition coefficient (Wildman–Crippen LogP) is 4.70. The summed E-state index contributed by atoms with van der Waals surface area (Å²) in [5.74, 6) is -0.368. The van der Waals surface area contributed by atoms with Gasteiger partial charge in [0.1, 0.15) is 11.6 Å². The van der Waals surface area contributed by atoms with Crippen molar-refractivity contribution in [2.24, 2.45) is 0 Å². The monoisotopic (exact) mass is 377 g/mol. The van der Waals surface area contributed by atoms with Crippen LogP contribution in [-0.4, -0.2) is 23.9 Å². The minimum atomic E-state index is -0.368. The molecule has 1 N–H and O–H groups in total. The second kappa shape index (κ2) is 10.8. The molecule has 1 aromatic rings. The molecule has 23 heavy (non-hydrogen) atoms. The van der Waals surface area contributed by atoms with Crippen LogP contribution in [0.3, 0.4) is 0 Å². The van der Waals surface area contributed by atoms with Crippen molar-refractivity contribution in [1.82, 2.24) is 4.90 Å². The maximum atomic E-state index is 12.3. The van der Waals surface area contributed by atoms with E-state index in [0.29, 0.717) is 5.69 Å². The van der Waals surface area contributed by atoms with E-state index in [4.69, 9.17) is 0 Å². The van der Waals surface area contributed by atoms with Gasteiger partial charge < -0.3 is 10.2 Å². The quantitative estimate of drug-likeness (QED) is 0.501. The first kappa shape index (κ1) is 19.2. The van der Waals surface area contributed by atoms with E-state index in [-0.39, 0.29) is 11.5 Å². The van der Waals surface area contributed by atoms with E-state index >= 15 is 0 Å². The summed E-state index contributed by atoms with van der Waals surface area (Å²) < 4.78 is 0.942. The van der Waals surface area contributed by atoms with Crippen molar-refractivity contribution < 1.29 is 4.79 Å². The lowest BCUT2D eigenvalue weighted by molar-refractivity contribution is -0.112. The number of nitrogens with zero attached hydrogens (tertiary/aromatic N) is 2. The molecule has 0 unspecified atom stereocenters. The summed E-state index contributed by atoms with van der Waals surface area (Å²) in [5, 5.41) is 12.1. The molecule has 0 heterocycles. The maximum absolute atomic E-state index is 12.3. The van der Waals surface area contributed by atoms with Crippen molar-refractivity contribution in [3.05, 3.63) is 40.5 Å². The van der Waals surface area contributed by atoms with Gasteiger partial charge in [-0.2, -0.15) is 5.26 Å². The molecule has 4 nitrogen and oxygen atoms in total. The van der Waals surface area contributed by atoms with Crippen LogP contribution in [0.2, 0.25) is 0 Å². The van der Waals surface area contributed by atoms with Gasteiger partial charge in [0.15, 0.2) is 0 Å². The van der Waals surface area contributed by atoms with Crippen LogP contribution >= 0.6 is 15.9 Å². The SMILES string of the molecule is CCCCN(/C=C(/C#N)C(=O)Nc1ccc(Br)cc1)CCCC. The molecule has 0 bridgehead atoms. The zero-order valence-electron chi connectivity index (χ0n) is 13.8. The van der Waals surface area contributed by atoms with Crippen LogP contribution in [-0.2, 0) is 4.79 Å². The molecular formula is C18H24BrN3O. The lowest BCUT2D eigenvalue weighted by Gasteiger charge is -2.20. The topological polar surface area (TPSA) is 56.1 Å². The molecule has 124 valence electrons. The Kier molecular flexibility index (Phi) is 9.08. The second-order valence-electron chi connectivity index (χ2n) is 5.36. The fourth-order valence-electron chi connectivity index (χ4n) is 2.02. The summed E-state index contributed by atoms with van der Waals surface area (Å²) in [4.78, 5) is 14.3. The average molecular weight is 378 g/mol. The Labute approximate surface area is 147 Å². The Hall–Kier alpha value is -1.80. The summed E-state index contributed by atoms with van der Waals surface area (Å²) >= 11 is 3.35. The van der Waals surface area contributed by atoms with Crippen molar-refractivity contribution in [1.29, 1.82) is 5.26 Å². The molecule has 0 aliphatic heterocycles. The zero-order chi connectivity index (χ0) is 17.1. The third kappa shape index (κ3) is 7.34. The number of benzene rings is 1. The highest BCUT2D eigenvalue weighted by molar-refractivity contribution is 9.10. The standard InChI is InChI=1S/C18H24BrN3O/c1-3-5-11-22(12-6-4-2)14-15(13-20)18(23)21-17-9-7-16(19)8-10-17/h7-10,14H,3-6,11-12H2,1-2H3,(H,21,23)/b15-14-. The Bertz CT molecular complexity index is 553. The Balaban J connectivity index is 2.78. The average Bonchev–Trinajstić information content (AvgIpc) is 2.56. The van der Waals surface area contributed by atoms with E-state index in [1.54, 1.807) is 18.3 Å². The van der Waals surface area contributed by atoms with Gasteiger partial charge in [-0.3, -0.25) is 4.79 Å². The summed E-state index contributed by atoms with van der Waals surface area (Å²) in [6, 6.07) is 9.30. The van der Waals surface area contributed by atoms with E-state index in [0.717, 1.165) is 43.2 Å². The highest BCUT2D eigenvalue weighted by Gasteiger charge is 2.11. The molecule has 0 aliphatic rings. The number of hydrogen-bond acceptors (Lipinski definition) is 3. The first-order valence-electron chi connectivity index (χ1n) is 8.03.